The van der Waals surface area contributed by atoms with E-state index in [9.17, 15) is 9.59 Å². The molecule has 1 aliphatic carbocycles. The molecule has 1 N–H and O–H groups in total. The fourth-order valence-electron chi connectivity index (χ4n) is 2.55. The zero-order chi connectivity index (χ0) is 13.9. The number of hydrogen-bond donors (Lipinski definition) is 1. The van der Waals surface area contributed by atoms with Crippen LogP contribution in [0.15, 0.2) is 24.3 Å². The van der Waals surface area contributed by atoms with Crippen LogP contribution in [0.25, 0.3) is 0 Å². The summed E-state index contributed by atoms with van der Waals surface area (Å²) in [6.45, 7) is 2.30. The fourth-order valence-corrected chi connectivity index (χ4v) is 2.55. The lowest BCUT2D eigenvalue weighted by atomic mass is 10.1. The smallest absolute Gasteiger partial charge is 0.253 e. The summed E-state index contributed by atoms with van der Waals surface area (Å²) >= 11 is 0. The Hall–Kier alpha value is -1.84. The molecule has 2 fully saturated rings. The van der Waals surface area contributed by atoms with Gasteiger partial charge in [0.05, 0.1) is 0 Å². The van der Waals surface area contributed by atoms with Gasteiger partial charge in [-0.3, -0.25) is 9.59 Å². The lowest BCUT2D eigenvalue weighted by Crippen LogP contribution is -2.27. The largest absolute Gasteiger partial charge is 0.352 e. The van der Waals surface area contributed by atoms with Crippen molar-refractivity contribution in [3.63, 3.8) is 0 Å². The van der Waals surface area contributed by atoms with Gasteiger partial charge in [0.15, 0.2) is 0 Å². The van der Waals surface area contributed by atoms with E-state index in [1.807, 2.05) is 29.2 Å². The summed E-state index contributed by atoms with van der Waals surface area (Å²) in [7, 11) is 0. The second-order valence-electron chi connectivity index (χ2n) is 5.69. The van der Waals surface area contributed by atoms with E-state index in [0.717, 1.165) is 49.9 Å². The van der Waals surface area contributed by atoms with Crippen LogP contribution < -0.4 is 5.32 Å². The Labute approximate surface area is 119 Å². The zero-order valence-corrected chi connectivity index (χ0v) is 11.6. The third-order valence-electron chi connectivity index (χ3n) is 4.01. The van der Waals surface area contributed by atoms with E-state index in [-0.39, 0.29) is 17.7 Å². The lowest BCUT2D eigenvalue weighted by molar-refractivity contribution is -0.122. The topological polar surface area (TPSA) is 49.4 Å². The van der Waals surface area contributed by atoms with E-state index in [1.165, 1.54) is 0 Å². The van der Waals surface area contributed by atoms with Gasteiger partial charge in [0.1, 0.15) is 0 Å². The van der Waals surface area contributed by atoms with Gasteiger partial charge in [0.25, 0.3) is 5.91 Å². The molecule has 0 unspecified atom stereocenters. The maximum absolute atomic E-state index is 12.2. The zero-order valence-electron chi connectivity index (χ0n) is 11.6. The lowest BCUT2D eigenvalue weighted by Gasteiger charge is -2.15. The first kappa shape index (κ1) is 13.2. The number of rotatable bonds is 4. The first-order valence-electron chi connectivity index (χ1n) is 7.40. The summed E-state index contributed by atoms with van der Waals surface area (Å²) in [4.78, 5) is 25.6. The van der Waals surface area contributed by atoms with Crippen LogP contribution in [0.1, 0.15) is 41.6 Å². The van der Waals surface area contributed by atoms with Gasteiger partial charge in [-0.2, -0.15) is 0 Å². The van der Waals surface area contributed by atoms with Gasteiger partial charge < -0.3 is 10.2 Å². The van der Waals surface area contributed by atoms with E-state index in [2.05, 4.69) is 5.32 Å². The van der Waals surface area contributed by atoms with Crippen LogP contribution in [0, 0.1) is 5.92 Å². The number of amides is 2. The molecule has 1 aliphatic heterocycles. The van der Waals surface area contributed by atoms with Crippen molar-refractivity contribution >= 4 is 11.8 Å². The first-order chi connectivity index (χ1) is 9.74. The minimum atomic E-state index is 0.121. The Balaban J connectivity index is 1.56. The van der Waals surface area contributed by atoms with Crippen molar-refractivity contribution in [1.82, 2.24) is 10.2 Å². The molecule has 3 rings (SSSR count). The highest BCUT2D eigenvalue weighted by Gasteiger charge is 2.29. The third kappa shape index (κ3) is 3.00. The summed E-state index contributed by atoms with van der Waals surface area (Å²) in [5.41, 5.74) is 1.78. The molecule has 2 amide bonds. The summed E-state index contributed by atoms with van der Waals surface area (Å²) in [5, 5.41) is 2.93. The van der Waals surface area contributed by atoms with Crippen molar-refractivity contribution in [2.75, 3.05) is 13.1 Å². The molecule has 4 heteroatoms. The van der Waals surface area contributed by atoms with Gasteiger partial charge in [0.2, 0.25) is 5.91 Å². The molecule has 0 spiro atoms. The Morgan fingerprint density at radius 1 is 1.10 bits per heavy atom. The number of nitrogens with zero attached hydrogens (tertiary/aromatic N) is 1. The molecule has 1 heterocycles. The van der Waals surface area contributed by atoms with Crippen molar-refractivity contribution in [3.05, 3.63) is 35.4 Å². The second kappa shape index (κ2) is 5.65. The standard InChI is InChI=1S/C16H20N2O2/c19-15(13-7-8-13)17-11-12-3-5-14(6-4-12)16(20)18-9-1-2-10-18/h3-6,13H,1-2,7-11H2,(H,17,19). The van der Waals surface area contributed by atoms with Gasteiger partial charge in [-0.05, 0) is 43.4 Å². The molecule has 1 aromatic carbocycles. The first-order valence-corrected chi connectivity index (χ1v) is 7.40. The van der Waals surface area contributed by atoms with E-state index >= 15 is 0 Å². The van der Waals surface area contributed by atoms with Crippen LogP contribution in [0.3, 0.4) is 0 Å². The Kier molecular flexibility index (Phi) is 3.72. The van der Waals surface area contributed by atoms with Gasteiger partial charge in [-0.15, -0.1) is 0 Å². The molecule has 0 radical (unpaired) electrons. The summed E-state index contributed by atoms with van der Waals surface area (Å²) < 4.78 is 0. The minimum Gasteiger partial charge on any atom is -0.352 e. The fraction of sp³-hybridized carbons (Fsp3) is 0.500. The molecular weight excluding hydrogens is 252 g/mol. The number of likely N-dealkylation sites (tertiary alicyclic amines) is 1. The number of carbonyl (C=O) groups is 2. The van der Waals surface area contributed by atoms with Gasteiger partial charge in [0, 0.05) is 31.1 Å². The van der Waals surface area contributed by atoms with Crippen LogP contribution in [-0.2, 0) is 11.3 Å². The van der Waals surface area contributed by atoms with E-state index in [0.29, 0.717) is 6.54 Å². The SMILES string of the molecule is O=C(NCc1ccc(C(=O)N2CCCC2)cc1)C1CC1. The molecular formula is C16H20N2O2. The molecule has 0 atom stereocenters. The average molecular weight is 272 g/mol. The summed E-state index contributed by atoms with van der Waals surface area (Å²) in [6.07, 6.45) is 4.26. The quantitative estimate of drug-likeness (QED) is 0.910. The van der Waals surface area contributed by atoms with Crippen LogP contribution >= 0.6 is 0 Å². The van der Waals surface area contributed by atoms with Crippen LogP contribution in [-0.4, -0.2) is 29.8 Å². The highest BCUT2D eigenvalue weighted by atomic mass is 16.2. The summed E-state index contributed by atoms with van der Waals surface area (Å²) in [6, 6.07) is 7.57. The van der Waals surface area contributed by atoms with Crippen molar-refractivity contribution in [2.24, 2.45) is 5.92 Å². The highest BCUT2D eigenvalue weighted by molar-refractivity contribution is 5.94. The Morgan fingerprint density at radius 2 is 1.75 bits per heavy atom. The number of hydrogen-bond acceptors (Lipinski definition) is 2. The number of benzene rings is 1. The van der Waals surface area contributed by atoms with Crippen LogP contribution in [0.2, 0.25) is 0 Å². The van der Waals surface area contributed by atoms with E-state index in [4.69, 9.17) is 0 Å². The predicted octanol–water partition coefficient (Wildman–Crippen LogP) is 1.95. The van der Waals surface area contributed by atoms with Crippen molar-refractivity contribution in [1.29, 1.82) is 0 Å². The van der Waals surface area contributed by atoms with Gasteiger partial charge in [-0.1, -0.05) is 12.1 Å². The Bertz CT molecular complexity index is 500. The molecule has 4 nitrogen and oxygen atoms in total. The highest BCUT2D eigenvalue weighted by Crippen LogP contribution is 2.28. The van der Waals surface area contributed by atoms with Crippen molar-refractivity contribution in [3.8, 4) is 0 Å². The Morgan fingerprint density at radius 3 is 2.35 bits per heavy atom. The second-order valence-corrected chi connectivity index (χ2v) is 5.69. The maximum atomic E-state index is 12.2. The molecule has 2 aliphatic rings. The number of carbonyl (C=O) groups excluding carboxylic acids is 2. The monoisotopic (exact) mass is 272 g/mol. The average Bonchev–Trinajstić information content (AvgIpc) is 3.19. The van der Waals surface area contributed by atoms with E-state index in [1.54, 1.807) is 0 Å². The molecule has 0 aromatic heterocycles. The normalized spacial score (nSPS) is 18.1. The molecule has 20 heavy (non-hydrogen) atoms. The third-order valence-corrected chi connectivity index (χ3v) is 4.01. The van der Waals surface area contributed by atoms with Crippen LogP contribution in [0.5, 0.6) is 0 Å². The number of nitrogens with one attached hydrogen (secondary N) is 1. The van der Waals surface area contributed by atoms with E-state index < -0.39 is 0 Å². The summed E-state index contributed by atoms with van der Waals surface area (Å²) in [5.74, 6) is 0.518. The van der Waals surface area contributed by atoms with Crippen LogP contribution in [0.4, 0.5) is 0 Å². The molecule has 1 aromatic rings. The van der Waals surface area contributed by atoms with Crippen molar-refractivity contribution in [2.45, 2.75) is 32.2 Å². The predicted molar refractivity (Wildman–Crippen MR) is 76.2 cm³/mol. The molecule has 106 valence electrons. The van der Waals surface area contributed by atoms with Crippen molar-refractivity contribution < 1.29 is 9.59 Å². The van der Waals surface area contributed by atoms with Gasteiger partial charge >= 0.3 is 0 Å². The van der Waals surface area contributed by atoms with Gasteiger partial charge in [-0.25, -0.2) is 0 Å². The maximum Gasteiger partial charge on any atom is 0.253 e. The molecule has 0 bridgehead atoms. The molecule has 1 saturated heterocycles. The minimum absolute atomic E-state index is 0.121. The molecule has 1 saturated carbocycles.